The molecule has 0 bridgehead atoms. The number of hydrogen-bond donors (Lipinski definition) is 5. The first kappa shape index (κ1) is 51.0. The summed E-state index contributed by atoms with van der Waals surface area (Å²) in [4.78, 5) is 68.7. The Kier molecular flexibility index (Phi) is 16.7. The van der Waals surface area contributed by atoms with Crippen LogP contribution >= 0.6 is 0 Å². The van der Waals surface area contributed by atoms with Crippen molar-refractivity contribution < 1.29 is 23.9 Å². The molecule has 0 radical (unpaired) electrons. The average Bonchev–Trinajstić information content (AvgIpc) is 3.99. The number of methoxy groups -OCH3 is 2. The minimum Gasteiger partial charge on any atom is -0.465 e. The Bertz CT molecular complexity index is 3290. The van der Waals surface area contributed by atoms with Crippen molar-refractivity contribution in [2.45, 2.75) is 63.7 Å². The molecule has 5 N–H and O–H groups in total. The number of H-pyrrole nitrogens is 2. The molecule has 1 aliphatic heterocycles. The van der Waals surface area contributed by atoms with Crippen LogP contribution in [0, 0.1) is 12.3 Å². The maximum absolute atomic E-state index is 12.5. The van der Waals surface area contributed by atoms with Gasteiger partial charge in [0, 0.05) is 73.7 Å². The summed E-state index contributed by atoms with van der Waals surface area (Å²) in [6, 6.07) is 30.2. The zero-order valence-corrected chi connectivity index (χ0v) is 42.6. The molecule has 1 atom stereocenters. The van der Waals surface area contributed by atoms with E-state index in [1.807, 2.05) is 36.4 Å². The predicted molar refractivity (Wildman–Crippen MR) is 292 cm³/mol. The van der Waals surface area contributed by atoms with Gasteiger partial charge in [-0.1, -0.05) is 60.7 Å². The number of carbonyl (C=O) groups excluding carboxylic acids is 3. The number of benzene rings is 4. The molecule has 5 heterocycles. The van der Waals surface area contributed by atoms with E-state index in [9.17, 15) is 14.4 Å². The van der Waals surface area contributed by atoms with Gasteiger partial charge >= 0.3 is 11.9 Å². The standard InChI is InChI=1S/C58H65N11O5/c1-5-6-17-50(70)59-26-11-29-68(2)30-12-27-60-53-51-44-24-22-42(58(72)74-4)36-47(44)63-55(51)66-49(64-53)34-39-18-20-40(21-19-39)43-16-10-31-69(37-43)32-13-28-61-54-52-45-35-41(57(71)73-3)23-25-46(45)62-56(52)67-48(65-54)33-38-14-8-7-9-15-38/h1,7-9,14-15,18-25,35-36,43H,6,10-13,16-17,26-34,37H2,2-4H3,(H,59,70)(H2,60,63,64,66)(H2,61,62,65,67). The number of anilines is 2. The van der Waals surface area contributed by atoms with E-state index in [1.165, 1.54) is 19.8 Å². The Morgan fingerprint density at radius 2 is 1.35 bits per heavy atom. The van der Waals surface area contributed by atoms with E-state index in [0.717, 1.165) is 132 Å². The minimum absolute atomic E-state index is 0.00598. The molecular formula is C58H65N11O5. The number of aromatic nitrogens is 6. The topological polar surface area (TPSA) is 195 Å². The van der Waals surface area contributed by atoms with Crippen LogP contribution in [0.3, 0.4) is 0 Å². The van der Waals surface area contributed by atoms with Crippen LogP contribution < -0.4 is 16.0 Å². The summed E-state index contributed by atoms with van der Waals surface area (Å²) in [6.07, 6.45) is 12.2. The van der Waals surface area contributed by atoms with E-state index in [-0.39, 0.29) is 11.9 Å². The number of piperidine rings is 1. The molecule has 1 unspecified atom stereocenters. The second kappa shape index (κ2) is 24.2. The normalized spacial score (nSPS) is 13.9. The number of hydrogen-bond acceptors (Lipinski definition) is 13. The molecule has 4 aromatic carbocycles. The monoisotopic (exact) mass is 996 g/mol. The van der Waals surface area contributed by atoms with Gasteiger partial charge in [0.2, 0.25) is 5.91 Å². The van der Waals surface area contributed by atoms with Gasteiger partial charge in [-0.05, 0) is 118 Å². The zero-order chi connectivity index (χ0) is 51.4. The molecule has 16 heteroatoms. The molecule has 9 rings (SSSR count). The molecule has 1 aliphatic rings. The lowest BCUT2D eigenvalue weighted by atomic mass is 9.90. The Morgan fingerprint density at radius 1 is 0.730 bits per heavy atom. The number of terminal acetylenes is 1. The van der Waals surface area contributed by atoms with Gasteiger partial charge in [0.1, 0.15) is 34.6 Å². The molecular weight excluding hydrogens is 931 g/mol. The van der Waals surface area contributed by atoms with Gasteiger partial charge in [-0.25, -0.2) is 29.5 Å². The highest BCUT2D eigenvalue weighted by atomic mass is 16.5. The highest BCUT2D eigenvalue weighted by Gasteiger charge is 2.23. The van der Waals surface area contributed by atoms with Gasteiger partial charge < -0.3 is 45.2 Å². The summed E-state index contributed by atoms with van der Waals surface area (Å²) in [6.45, 7) is 6.78. The first-order valence-corrected chi connectivity index (χ1v) is 25.7. The third kappa shape index (κ3) is 12.5. The third-order valence-corrected chi connectivity index (χ3v) is 13.8. The second-order valence-electron chi connectivity index (χ2n) is 19.2. The van der Waals surface area contributed by atoms with Crippen LogP contribution in [-0.4, -0.2) is 131 Å². The van der Waals surface area contributed by atoms with Gasteiger partial charge in [-0.3, -0.25) is 4.79 Å². The van der Waals surface area contributed by atoms with Crippen molar-refractivity contribution in [3.63, 3.8) is 0 Å². The number of fused-ring (bicyclic) bond motifs is 6. The van der Waals surface area contributed by atoms with Crippen molar-refractivity contribution in [2.75, 3.05) is 84.3 Å². The van der Waals surface area contributed by atoms with Crippen LogP contribution in [0.25, 0.3) is 43.9 Å². The van der Waals surface area contributed by atoms with Crippen molar-refractivity contribution in [3.05, 3.63) is 130 Å². The highest BCUT2D eigenvalue weighted by molar-refractivity contribution is 6.13. The zero-order valence-electron chi connectivity index (χ0n) is 42.6. The lowest BCUT2D eigenvalue weighted by Gasteiger charge is -2.33. The summed E-state index contributed by atoms with van der Waals surface area (Å²) in [5.74, 6) is 5.05. The fourth-order valence-corrected chi connectivity index (χ4v) is 10.0. The number of rotatable bonds is 23. The summed E-state index contributed by atoms with van der Waals surface area (Å²) >= 11 is 0. The van der Waals surface area contributed by atoms with Gasteiger partial charge in [0.15, 0.2) is 0 Å². The number of aromatic amines is 2. The lowest BCUT2D eigenvalue weighted by molar-refractivity contribution is -0.121. The Balaban J connectivity index is 0.827. The lowest BCUT2D eigenvalue weighted by Crippen LogP contribution is -2.35. The first-order chi connectivity index (χ1) is 36.2. The Labute approximate surface area is 431 Å². The highest BCUT2D eigenvalue weighted by Crippen LogP contribution is 2.34. The van der Waals surface area contributed by atoms with Crippen molar-refractivity contribution in [3.8, 4) is 12.3 Å². The van der Waals surface area contributed by atoms with Crippen molar-refractivity contribution in [2.24, 2.45) is 0 Å². The van der Waals surface area contributed by atoms with Crippen LogP contribution in [0.2, 0.25) is 0 Å². The third-order valence-electron chi connectivity index (χ3n) is 13.8. The minimum atomic E-state index is -0.400. The molecule has 382 valence electrons. The van der Waals surface area contributed by atoms with E-state index >= 15 is 0 Å². The Morgan fingerprint density at radius 3 is 2.04 bits per heavy atom. The van der Waals surface area contributed by atoms with Crippen molar-refractivity contribution >= 4 is 73.4 Å². The summed E-state index contributed by atoms with van der Waals surface area (Å²) in [7, 11) is 4.86. The molecule has 1 saturated heterocycles. The fraction of sp³-hybridized carbons (Fsp3) is 0.362. The van der Waals surface area contributed by atoms with E-state index in [0.29, 0.717) is 73.1 Å². The van der Waals surface area contributed by atoms with E-state index < -0.39 is 5.97 Å². The predicted octanol–water partition coefficient (Wildman–Crippen LogP) is 8.63. The number of amides is 1. The molecule has 1 fully saturated rings. The SMILES string of the molecule is C#CCCC(=O)NCCCN(C)CCCNc1nc(Cc2ccc(C3CCCN(CCCNc4nc(Cc5ccccc5)nc5[nH]c6ccc(C(=O)OC)cc6c45)C3)cc2)nc2[nH]c3cc(C(=O)OC)ccc3c12. The summed E-state index contributed by atoms with van der Waals surface area (Å²) in [5, 5.41) is 13.8. The van der Waals surface area contributed by atoms with Gasteiger partial charge in [0.25, 0.3) is 0 Å². The van der Waals surface area contributed by atoms with Crippen molar-refractivity contribution in [1.82, 2.24) is 45.0 Å². The van der Waals surface area contributed by atoms with E-state index in [1.54, 1.807) is 18.2 Å². The van der Waals surface area contributed by atoms with Gasteiger partial charge in [-0.15, -0.1) is 12.3 Å². The molecule has 0 saturated carbocycles. The van der Waals surface area contributed by atoms with Crippen LogP contribution in [0.4, 0.5) is 11.6 Å². The van der Waals surface area contributed by atoms with Gasteiger partial charge in [-0.2, -0.15) is 0 Å². The number of nitrogens with one attached hydrogen (secondary N) is 5. The van der Waals surface area contributed by atoms with Crippen molar-refractivity contribution in [1.29, 1.82) is 0 Å². The van der Waals surface area contributed by atoms with Crippen LogP contribution in [0.1, 0.15) is 99.9 Å². The number of carbonyl (C=O) groups is 3. The van der Waals surface area contributed by atoms with Crippen LogP contribution in [-0.2, 0) is 27.1 Å². The molecule has 16 nitrogen and oxygen atoms in total. The maximum atomic E-state index is 12.5. The summed E-state index contributed by atoms with van der Waals surface area (Å²) in [5.41, 5.74) is 7.63. The fourth-order valence-electron chi connectivity index (χ4n) is 10.0. The molecule has 74 heavy (non-hydrogen) atoms. The molecule has 8 aromatic rings. The number of nitrogens with zero attached hydrogens (tertiary/aromatic N) is 6. The molecule has 0 spiro atoms. The molecule has 1 amide bonds. The van der Waals surface area contributed by atoms with Crippen LogP contribution in [0.5, 0.6) is 0 Å². The Hall–Kier alpha value is -7.87. The average molecular weight is 996 g/mol. The largest absolute Gasteiger partial charge is 0.465 e. The van der Waals surface area contributed by atoms with E-state index in [4.69, 9.17) is 35.8 Å². The number of likely N-dealkylation sites (tertiary alicyclic amines) is 1. The maximum Gasteiger partial charge on any atom is 0.337 e. The number of esters is 2. The second-order valence-corrected chi connectivity index (χ2v) is 19.2. The van der Waals surface area contributed by atoms with Crippen LogP contribution in [0.15, 0.2) is 91.0 Å². The summed E-state index contributed by atoms with van der Waals surface area (Å²) < 4.78 is 10.0. The molecule has 4 aromatic heterocycles. The van der Waals surface area contributed by atoms with E-state index in [2.05, 4.69) is 85.1 Å². The van der Waals surface area contributed by atoms with Gasteiger partial charge in [0.05, 0.1) is 36.1 Å². The first-order valence-electron chi connectivity index (χ1n) is 25.7. The quantitative estimate of drug-likeness (QED) is 0.0232. The number of ether oxygens (including phenoxy) is 2. The molecule has 0 aliphatic carbocycles. The smallest absolute Gasteiger partial charge is 0.337 e.